The second-order valence-electron chi connectivity index (χ2n) is 6.89. The third-order valence-electron chi connectivity index (χ3n) is 5.01. The zero-order valence-corrected chi connectivity index (χ0v) is 14.4. The van der Waals surface area contributed by atoms with E-state index in [-0.39, 0.29) is 5.91 Å². The van der Waals surface area contributed by atoms with Gasteiger partial charge in [-0.25, -0.2) is 0 Å². The van der Waals surface area contributed by atoms with Crippen molar-refractivity contribution in [3.8, 4) is 0 Å². The molecule has 3 heteroatoms. The first-order valence-electron chi connectivity index (χ1n) is 8.93. The van der Waals surface area contributed by atoms with Crippen LogP contribution in [0.1, 0.15) is 48.8 Å². The Morgan fingerprint density at radius 2 is 1.92 bits per heavy atom. The molecule has 3 rings (SSSR count). The number of pyridine rings is 1. The Hall–Kier alpha value is -2.16. The van der Waals surface area contributed by atoms with Crippen LogP contribution in [0.15, 0.2) is 48.8 Å². The van der Waals surface area contributed by atoms with Gasteiger partial charge >= 0.3 is 0 Å². The summed E-state index contributed by atoms with van der Waals surface area (Å²) in [7, 11) is 0. The molecule has 24 heavy (non-hydrogen) atoms. The molecule has 0 N–H and O–H groups in total. The minimum atomic E-state index is 0.272. The molecule has 1 amide bonds. The SMILES string of the molecule is Cc1ccccc1CN(Cc1cccnc1)C(=O)CC1CCCC1. The maximum atomic E-state index is 12.9. The molecular formula is C21H26N2O. The molecular weight excluding hydrogens is 296 g/mol. The Bertz CT molecular complexity index is 663. The molecule has 0 radical (unpaired) electrons. The van der Waals surface area contributed by atoms with Crippen LogP contribution >= 0.6 is 0 Å². The van der Waals surface area contributed by atoms with Crippen molar-refractivity contribution in [2.45, 2.75) is 52.1 Å². The molecule has 1 saturated carbocycles. The minimum absolute atomic E-state index is 0.272. The number of rotatable bonds is 6. The van der Waals surface area contributed by atoms with Gasteiger partial charge in [0.1, 0.15) is 0 Å². The fourth-order valence-electron chi connectivity index (χ4n) is 3.53. The highest BCUT2D eigenvalue weighted by molar-refractivity contribution is 5.76. The number of nitrogens with zero attached hydrogens (tertiary/aromatic N) is 2. The van der Waals surface area contributed by atoms with E-state index < -0.39 is 0 Å². The topological polar surface area (TPSA) is 33.2 Å². The molecule has 1 fully saturated rings. The lowest BCUT2D eigenvalue weighted by Crippen LogP contribution is -2.31. The summed E-state index contributed by atoms with van der Waals surface area (Å²) < 4.78 is 0. The molecule has 1 aromatic carbocycles. The number of amides is 1. The predicted molar refractivity (Wildman–Crippen MR) is 96.2 cm³/mol. The van der Waals surface area contributed by atoms with Gasteiger partial charge in [-0.1, -0.05) is 43.2 Å². The highest BCUT2D eigenvalue weighted by Crippen LogP contribution is 2.28. The van der Waals surface area contributed by atoms with E-state index in [2.05, 4.69) is 24.0 Å². The zero-order chi connectivity index (χ0) is 16.8. The lowest BCUT2D eigenvalue weighted by atomic mass is 10.0. The summed E-state index contributed by atoms with van der Waals surface area (Å²) in [6, 6.07) is 12.3. The average molecular weight is 322 g/mol. The van der Waals surface area contributed by atoms with Crippen molar-refractivity contribution in [1.29, 1.82) is 0 Å². The first-order chi connectivity index (χ1) is 11.7. The molecule has 0 spiro atoms. The smallest absolute Gasteiger partial charge is 0.223 e. The molecule has 1 aliphatic carbocycles. The van der Waals surface area contributed by atoms with E-state index in [1.54, 1.807) is 6.20 Å². The van der Waals surface area contributed by atoms with Gasteiger partial charge in [0.05, 0.1) is 0 Å². The number of aryl methyl sites for hydroxylation is 1. The second kappa shape index (κ2) is 8.09. The normalized spacial score (nSPS) is 14.7. The molecule has 0 unspecified atom stereocenters. The van der Waals surface area contributed by atoms with Gasteiger partial charge in [-0.3, -0.25) is 9.78 Å². The van der Waals surface area contributed by atoms with Gasteiger partial charge in [0.25, 0.3) is 0 Å². The van der Waals surface area contributed by atoms with Gasteiger partial charge in [-0.2, -0.15) is 0 Å². The highest BCUT2D eigenvalue weighted by atomic mass is 16.2. The lowest BCUT2D eigenvalue weighted by molar-refractivity contribution is -0.133. The quantitative estimate of drug-likeness (QED) is 0.784. The monoisotopic (exact) mass is 322 g/mol. The van der Waals surface area contributed by atoms with Crippen LogP contribution in [0, 0.1) is 12.8 Å². The van der Waals surface area contributed by atoms with Crippen LogP contribution in [0.5, 0.6) is 0 Å². The number of hydrogen-bond donors (Lipinski definition) is 0. The highest BCUT2D eigenvalue weighted by Gasteiger charge is 2.22. The van der Waals surface area contributed by atoms with E-state index in [4.69, 9.17) is 0 Å². The fourth-order valence-corrected chi connectivity index (χ4v) is 3.53. The van der Waals surface area contributed by atoms with Crippen LogP contribution in [-0.4, -0.2) is 15.8 Å². The molecule has 0 aliphatic heterocycles. The summed E-state index contributed by atoms with van der Waals surface area (Å²) in [6.45, 7) is 3.42. The van der Waals surface area contributed by atoms with Crippen LogP contribution in [0.4, 0.5) is 0 Å². The summed E-state index contributed by atoms with van der Waals surface area (Å²) in [5, 5.41) is 0. The molecule has 3 nitrogen and oxygen atoms in total. The van der Waals surface area contributed by atoms with Gasteiger partial charge in [0.15, 0.2) is 0 Å². The van der Waals surface area contributed by atoms with Gasteiger partial charge in [-0.05, 0) is 48.4 Å². The van der Waals surface area contributed by atoms with Crippen molar-refractivity contribution in [3.63, 3.8) is 0 Å². The van der Waals surface area contributed by atoms with Crippen LogP contribution in [0.2, 0.25) is 0 Å². The van der Waals surface area contributed by atoms with Crippen molar-refractivity contribution in [3.05, 3.63) is 65.5 Å². The summed E-state index contributed by atoms with van der Waals surface area (Å²) >= 11 is 0. The summed E-state index contributed by atoms with van der Waals surface area (Å²) in [6.07, 6.45) is 9.28. The molecule has 2 aromatic rings. The van der Waals surface area contributed by atoms with Crippen LogP contribution < -0.4 is 0 Å². The number of hydrogen-bond acceptors (Lipinski definition) is 2. The van der Waals surface area contributed by atoms with Crippen LogP contribution in [0.25, 0.3) is 0 Å². The van der Waals surface area contributed by atoms with E-state index in [0.29, 0.717) is 25.4 Å². The number of aromatic nitrogens is 1. The van der Waals surface area contributed by atoms with Crippen LogP contribution in [0.3, 0.4) is 0 Å². The summed E-state index contributed by atoms with van der Waals surface area (Å²) in [5.41, 5.74) is 3.55. The van der Waals surface area contributed by atoms with E-state index in [1.807, 2.05) is 35.4 Å². The maximum Gasteiger partial charge on any atom is 0.223 e. The fraction of sp³-hybridized carbons (Fsp3) is 0.429. The molecule has 0 saturated heterocycles. The Kier molecular flexibility index (Phi) is 5.63. The first-order valence-corrected chi connectivity index (χ1v) is 8.93. The standard InChI is InChI=1S/C21H26N2O/c1-17-7-2-5-11-20(17)16-23(15-19-10-6-12-22-14-19)21(24)13-18-8-3-4-9-18/h2,5-7,10-12,14,18H,3-4,8-9,13,15-16H2,1H3. The third kappa shape index (κ3) is 4.44. The Morgan fingerprint density at radius 3 is 2.62 bits per heavy atom. The Labute approximate surface area is 144 Å². The molecule has 1 heterocycles. The largest absolute Gasteiger partial charge is 0.334 e. The molecule has 126 valence electrons. The van der Waals surface area contributed by atoms with Crippen molar-refractivity contribution in [2.24, 2.45) is 5.92 Å². The number of carbonyl (C=O) groups is 1. The molecule has 1 aliphatic rings. The maximum absolute atomic E-state index is 12.9. The number of carbonyl (C=O) groups excluding carboxylic acids is 1. The number of benzene rings is 1. The summed E-state index contributed by atoms with van der Waals surface area (Å²) in [4.78, 5) is 19.1. The first kappa shape index (κ1) is 16.7. The van der Waals surface area contributed by atoms with Gasteiger partial charge in [-0.15, -0.1) is 0 Å². The van der Waals surface area contributed by atoms with E-state index >= 15 is 0 Å². The van der Waals surface area contributed by atoms with Crippen LogP contribution in [-0.2, 0) is 17.9 Å². The summed E-state index contributed by atoms with van der Waals surface area (Å²) in [5.74, 6) is 0.847. The predicted octanol–water partition coefficient (Wildman–Crippen LogP) is 4.50. The van der Waals surface area contributed by atoms with Crippen molar-refractivity contribution < 1.29 is 4.79 Å². The molecule has 0 bridgehead atoms. The Morgan fingerprint density at radius 1 is 1.12 bits per heavy atom. The van der Waals surface area contributed by atoms with E-state index in [0.717, 1.165) is 5.56 Å². The van der Waals surface area contributed by atoms with Gasteiger partial charge < -0.3 is 4.90 Å². The minimum Gasteiger partial charge on any atom is -0.334 e. The zero-order valence-electron chi connectivity index (χ0n) is 14.4. The lowest BCUT2D eigenvalue weighted by Gasteiger charge is -2.25. The second-order valence-corrected chi connectivity index (χ2v) is 6.89. The van der Waals surface area contributed by atoms with Crippen molar-refractivity contribution in [1.82, 2.24) is 9.88 Å². The van der Waals surface area contributed by atoms with Gasteiger partial charge in [0.2, 0.25) is 5.91 Å². The van der Waals surface area contributed by atoms with Gasteiger partial charge in [0, 0.05) is 31.9 Å². The molecule has 1 aromatic heterocycles. The van der Waals surface area contributed by atoms with Crippen molar-refractivity contribution in [2.75, 3.05) is 0 Å². The Balaban J connectivity index is 1.74. The van der Waals surface area contributed by atoms with E-state index in [1.165, 1.54) is 36.8 Å². The van der Waals surface area contributed by atoms with Crippen molar-refractivity contribution >= 4 is 5.91 Å². The molecule has 0 atom stereocenters. The average Bonchev–Trinajstić information content (AvgIpc) is 3.10. The third-order valence-corrected chi connectivity index (χ3v) is 5.01. The van der Waals surface area contributed by atoms with E-state index in [9.17, 15) is 4.79 Å².